The van der Waals surface area contributed by atoms with Crippen LogP contribution in [0.15, 0.2) is 18.2 Å². The van der Waals surface area contributed by atoms with E-state index in [0.717, 1.165) is 17.9 Å². The Morgan fingerprint density at radius 2 is 2.46 bits per heavy atom. The molecule has 1 aliphatic rings. The highest BCUT2D eigenvalue weighted by Gasteiger charge is 2.21. The predicted molar refractivity (Wildman–Crippen MR) is 50.2 cm³/mol. The van der Waals surface area contributed by atoms with Gasteiger partial charge in [0.1, 0.15) is 17.6 Å². The lowest BCUT2D eigenvalue weighted by molar-refractivity contribution is 0.241. The Labute approximate surface area is 77.5 Å². The van der Waals surface area contributed by atoms with Crippen LogP contribution in [0, 0.1) is 0 Å². The topological polar surface area (TPSA) is 44.5 Å². The summed E-state index contributed by atoms with van der Waals surface area (Å²) in [5, 5.41) is 0. The summed E-state index contributed by atoms with van der Waals surface area (Å²) < 4.78 is 10.7. The lowest BCUT2D eigenvalue weighted by Gasteiger charge is -2.05. The van der Waals surface area contributed by atoms with Crippen LogP contribution >= 0.6 is 0 Å². The molecule has 13 heavy (non-hydrogen) atoms. The summed E-state index contributed by atoms with van der Waals surface area (Å²) in [6.45, 7) is 0.566. The van der Waals surface area contributed by atoms with Crippen molar-refractivity contribution in [3.05, 3.63) is 23.8 Å². The fourth-order valence-corrected chi connectivity index (χ4v) is 1.56. The Kier molecular flexibility index (Phi) is 2.10. The van der Waals surface area contributed by atoms with Crippen molar-refractivity contribution in [2.45, 2.75) is 12.5 Å². The lowest BCUT2D eigenvalue weighted by atomic mass is 10.1. The Balaban J connectivity index is 2.25. The van der Waals surface area contributed by atoms with E-state index < -0.39 is 0 Å². The molecule has 1 unspecified atom stereocenters. The molecule has 2 N–H and O–H groups in total. The van der Waals surface area contributed by atoms with Crippen LogP contribution in [0.25, 0.3) is 0 Å². The first-order chi connectivity index (χ1) is 6.33. The Bertz CT molecular complexity index is 312. The summed E-state index contributed by atoms with van der Waals surface area (Å²) in [6, 6.07) is 5.84. The van der Waals surface area contributed by atoms with Gasteiger partial charge in [-0.25, -0.2) is 0 Å². The number of hydrogen-bond acceptors (Lipinski definition) is 3. The normalized spacial score (nSPS) is 19.4. The van der Waals surface area contributed by atoms with E-state index in [-0.39, 0.29) is 6.10 Å². The van der Waals surface area contributed by atoms with Crippen molar-refractivity contribution in [1.82, 2.24) is 0 Å². The van der Waals surface area contributed by atoms with Gasteiger partial charge in [-0.2, -0.15) is 0 Å². The standard InChI is InChI=1S/C10H13NO2/c1-12-8-2-3-10-7(4-8)5-9(6-11)13-10/h2-4,9H,5-6,11H2,1H3. The number of benzene rings is 1. The maximum absolute atomic E-state index is 5.58. The number of hydrogen-bond donors (Lipinski definition) is 1. The van der Waals surface area contributed by atoms with Crippen LogP contribution in [0.4, 0.5) is 0 Å². The lowest BCUT2D eigenvalue weighted by Crippen LogP contribution is -2.24. The third-order valence-corrected chi connectivity index (χ3v) is 2.27. The van der Waals surface area contributed by atoms with E-state index in [1.807, 2.05) is 18.2 Å². The molecule has 1 aromatic rings. The van der Waals surface area contributed by atoms with Gasteiger partial charge in [-0.3, -0.25) is 0 Å². The zero-order valence-electron chi connectivity index (χ0n) is 7.62. The minimum atomic E-state index is 0.141. The fraction of sp³-hybridized carbons (Fsp3) is 0.400. The number of methoxy groups -OCH3 is 1. The van der Waals surface area contributed by atoms with Gasteiger partial charge in [0.05, 0.1) is 7.11 Å². The second kappa shape index (κ2) is 3.26. The highest BCUT2D eigenvalue weighted by molar-refractivity contribution is 5.43. The van der Waals surface area contributed by atoms with Gasteiger partial charge >= 0.3 is 0 Å². The van der Waals surface area contributed by atoms with Crippen LogP contribution in [0.5, 0.6) is 11.5 Å². The largest absolute Gasteiger partial charge is 0.497 e. The molecule has 3 heteroatoms. The fourth-order valence-electron chi connectivity index (χ4n) is 1.56. The summed E-state index contributed by atoms with van der Waals surface area (Å²) in [6.07, 6.45) is 1.03. The Hall–Kier alpha value is -1.22. The van der Waals surface area contributed by atoms with Crippen LogP contribution in [-0.2, 0) is 6.42 Å². The maximum Gasteiger partial charge on any atom is 0.123 e. The van der Waals surface area contributed by atoms with Crippen molar-refractivity contribution >= 4 is 0 Å². The summed E-state index contributed by atoms with van der Waals surface area (Å²) in [5.74, 6) is 1.82. The van der Waals surface area contributed by atoms with Gasteiger partial charge in [0, 0.05) is 18.5 Å². The van der Waals surface area contributed by atoms with E-state index in [9.17, 15) is 0 Å². The van der Waals surface area contributed by atoms with E-state index in [2.05, 4.69) is 0 Å². The van der Waals surface area contributed by atoms with Gasteiger partial charge in [-0.05, 0) is 18.2 Å². The molecule has 70 valence electrons. The molecule has 0 saturated carbocycles. The summed E-state index contributed by atoms with van der Waals surface area (Å²) in [4.78, 5) is 0. The number of fused-ring (bicyclic) bond motifs is 1. The van der Waals surface area contributed by atoms with Gasteiger partial charge in [0.2, 0.25) is 0 Å². The molecular weight excluding hydrogens is 166 g/mol. The Morgan fingerprint density at radius 1 is 1.62 bits per heavy atom. The highest BCUT2D eigenvalue weighted by atomic mass is 16.5. The maximum atomic E-state index is 5.58. The van der Waals surface area contributed by atoms with Crippen LogP contribution < -0.4 is 15.2 Å². The monoisotopic (exact) mass is 179 g/mol. The Morgan fingerprint density at radius 3 is 3.15 bits per heavy atom. The molecule has 3 nitrogen and oxygen atoms in total. The first kappa shape index (κ1) is 8.38. The van der Waals surface area contributed by atoms with Crippen LogP contribution in [0.2, 0.25) is 0 Å². The third kappa shape index (κ3) is 1.47. The van der Waals surface area contributed by atoms with Crippen LogP contribution in [-0.4, -0.2) is 19.8 Å². The molecule has 0 fully saturated rings. The smallest absolute Gasteiger partial charge is 0.123 e. The SMILES string of the molecule is COc1ccc2c(c1)CC(CN)O2. The number of nitrogens with two attached hydrogens (primary N) is 1. The molecule has 1 heterocycles. The zero-order valence-corrected chi connectivity index (χ0v) is 7.62. The number of rotatable bonds is 2. The predicted octanol–water partition coefficient (Wildman–Crippen LogP) is 0.957. The van der Waals surface area contributed by atoms with E-state index >= 15 is 0 Å². The van der Waals surface area contributed by atoms with Gasteiger partial charge in [-0.15, -0.1) is 0 Å². The van der Waals surface area contributed by atoms with Gasteiger partial charge in [-0.1, -0.05) is 0 Å². The van der Waals surface area contributed by atoms with E-state index in [4.69, 9.17) is 15.2 Å². The van der Waals surface area contributed by atoms with E-state index in [0.29, 0.717) is 6.54 Å². The molecule has 0 bridgehead atoms. The molecule has 2 rings (SSSR count). The highest BCUT2D eigenvalue weighted by Crippen LogP contribution is 2.31. The third-order valence-electron chi connectivity index (χ3n) is 2.27. The van der Waals surface area contributed by atoms with Gasteiger partial charge in [0.15, 0.2) is 0 Å². The van der Waals surface area contributed by atoms with Gasteiger partial charge < -0.3 is 15.2 Å². The molecule has 1 aromatic carbocycles. The molecule has 1 atom stereocenters. The average Bonchev–Trinajstić information content (AvgIpc) is 2.58. The molecular formula is C10H13NO2. The van der Waals surface area contributed by atoms with Crippen molar-refractivity contribution in [1.29, 1.82) is 0 Å². The van der Waals surface area contributed by atoms with Crippen molar-refractivity contribution in [2.75, 3.05) is 13.7 Å². The summed E-state index contributed by atoms with van der Waals surface area (Å²) in [5.41, 5.74) is 6.72. The van der Waals surface area contributed by atoms with Crippen molar-refractivity contribution in [3.8, 4) is 11.5 Å². The quantitative estimate of drug-likeness (QED) is 0.735. The van der Waals surface area contributed by atoms with Crippen molar-refractivity contribution in [2.24, 2.45) is 5.73 Å². The molecule has 0 saturated heterocycles. The molecule has 1 aliphatic heterocycles. The average molecular weight is 179 g/mol. The zero-order chi connectivity index (χ0) is 9.26. The molecule has 0 spiro atoms. The summed E-state index contributed by atoms with van der Waals surface area (Å²) in [7, 11) is 1.66. The first-order valence-electron chi connectivity index (χ1n) is 4.37. The van der Waals surface area contributed by atoms with E-state index in [1.165, 1.54) is 5.56 Å². The number of ether oxygens (including phenoxy) is 2. The second-order valence-corrected chi connectivity index (χ2v) is 3.15. The van der Waals surface area contributed by atoms with E-state index in [1.54, 1.807) is 7.11 Å². The van der Waals surface area contributed by atoms with Crippen molar-refractivity contribution in [3.63, 3.8) is 0 Å². The molecule has 0 aromatic heterocycles. The summed E-state index contributed by atoms with van der Waals surface area (Å²) >= 11 is 0. The van der Waals surface area contributed by atoms with Crippen molar-refractivity contribution < 1.29 is 9.47 Å². The van der Waals surface area contributed by atoms with Crippen LogP contribution in [0.1, 0.15) is 5.56 Å². The second-order valence-electron chi connectivity index (χ2n) is 3.15. The van der Waals surface area contributed by atoms with Gasteiger partial charge in [0.25, 0.3) is 0 Å². The van der Waals surface area contributed by atoms with Crippen LogP contribution in [0.3, 0.4) is 0 Å². The minimum Gasteiger partial charge on any atom is -0.497 e. The molecule has 0 radical (unpaired) electrons. The minimum absolute atomic E-state index is 0.141. The molecule has 0 amide bonds. The first-order valence-corrected chi connectivity index (χ1v) is 4.37. The molecule has 0 aliphatic carbocycles.